The maximum absolute atomic E-state index is 2.30. The van der Waals surface area contributed by atoms with Crippen LogP contribution in [-0.2, 0) is 6.42 Å². The summed E-state index contributed by atoms with van der Waals surface area (Å²) in [6, 6.07) is 22.1. The highest BCUT2D eigenvalue weighted by Crippen LogP contribution is 2.41. The van der Waals surface area contributed by atoms with E-state index in [9.17, 15) is 0 Å². The van der Waals surface area contributed by atoms with Gasteiger partial charge in [0, 0.05) is 28.2 Å². The Morgan fingerprint density at radius 2 is 1.50 bits per heavy atom. The molecule has 0 N–H and O–H groups in total. The second-order valence-electron chi connectivity index (χ2n) is 6.29. The van der Waals surface area contributed by atoms with E-state index in [1.165, 1.54) is 42.7 Å². The van der Waals surface area contributed by atoms with Gasteiger partial charge in [-0.15, -0.1) is 11.3 Å². The summed E-state index contributed by atoms with van der Waals surface area (Å²) >= 11 is 1.90. The Bertz CT molecular complexity index is 1010. The van der Waals surface area contributed by atoms with Crippen LogP contribution in [0.4, 0.5) is 11.4 Å². The van der Waals surface area contributed by atoms with Crippen LogP contribution >= 0.6 is 11.3 Å². The van der Waals surface area contributed by atoms with E-state index in [2.05, 4.69) is 86.5 Å². The summed E-state index contributed by atoms with van der Waals surface area (Å²) in [6.45, 7) is 4.39. The number of fused-ring (bicyclic) bond motifs is 3. The van der Waals surface area contributed by atoms with Crippen molar-refractivity contribution < 1.29 is 0 Å². The predicted octanol–water partition coefficient (Wildman–Crippen LogP) is 6.69. The van der Waals surface area contributed by atoms with E-state index in [4.69, 9.17) is 0 Å². The quantitative estimate of drug-likeness (QED) is 0.404. The molecule has 0 fully saturated rings. The zero-order valence-corrected chi connectivity index (χ0v) is 15.2. The first-order valence-electron chi connectivity index (χ1n) is 8.42. The Labute approximate surface area is 147 Å². The molecule has 4 rings (SSSR count). The number of nitrogens with zero attached hydrogens (tertiary/aromatic N) is 1. The molecule has 0 aliphatic heterocycles. The highest BCUT2D eigenvalue weighted by Gasteiger charge is 2.13. The summed E-state index contributed by atoms with van der Waals surface area (Å²) in [5, 5.41) is 2.72. The van der Waals surface area contributed by atoms with Gasteiger partial charge < -0.3 is 4.90 Å². The molecule has 1 aromatic heterocycles. The van der Waals surface area contributed by atoms with Crippen molar-refractivity contribution in [1.29, 1.82) is 0 Å². The van der Waals surface area contributed by atoms with Crippen molar-refractivity contribution in [2.75, 3.05) is 11.9 Å². The molecule has 0 spiro atoms. The van der Waals surface area contributed by atoms with Crippen molar-refractivity contribution in [3.05, 3.63) is 71.8 Å². The summed E-state index contributed by atoms with van der Waals surface area (Å²) in [7, 11) is 2.16. The third-order valence-corrected chi connectivity index (χ3v) is 6.17. The second kappa shape index (κ2) is 5.95. The monoisotopic (exact) mass is 331 g/mol. The summed E-state index contributed by atoms with van der Waals surface area (Å²) < 4.78 is 2.76. The Morgan fingerprint density at radius 1 is 0.833 bits per heavy atom. The Hall–Kier alpha value is -2.32. The molecule has 1 nitrogen and oxygen atoms in total. The molecule has 0 saturated carbocycles. The molecule has 1 heterocycles. The largest absolute Gasteiger partial charge is 0.343 e. The van der Waals surface area contributed by atoms with Gasteiger partial charge in [-0.2, -0.15) is 0 Å². The number of aryl methyl sites for hydroxylation is 2. The van der Waals surface area contributed by atoms with Crippen molar-refractivity contribution in [2.24, 2.45) is 0 Å². The molecule has 0 atom stereocenters. The third-order valence-electron chi connectivity index (χ3n) is 4.79. The van der Waals surface area contributed by atoms with E-state index < -0.39 is 0 Å². The average molecular weight is 331 g/mol. The first-order valence-corrected chi connectivity index (χ1v) is 9.24. The molecule has 0 aliphatic rings. The number of benzene rings is 3. The van der Waals surface area contributed by atoms with E-state index in [-0.39, 0.29) is 0 Å². The zero-order chi connectivity index (χ0) is 16.7. The van der Waals surface area contributed by atoms with Crippen LogP contribution in [0.5, 0.6) is 0 Å². The number of anilines is 2. The number of hydrogen-bond donors (Lipinski definition) is 0. The molecule has 0 radical (unpaired) electrons. The second-order valence-corrected chi connectivity index (χ2v) is 7.31. The first kappa shape index (κ1) is 15.2. The van der Waals surface area contributed by atoms with Crippen LogP contribution in [-0.4, -0.2) is 7.05 Å². The summed E-state index contributed by atoms with van der Waals surface area (Å²) in [5.74, 6) is 0. The van der Waals surface area contributed by atoms with Crippen molar-refractivity contribution in [2.45, 2.75) is 20.3 Å². The minimum absolute atomic E-state index is 1.08. The van der Waals surface area contributed by atoms with Gasteiger partial charge in [0.05, 0.1) is 10.4 Å². The van der Waals surface area contributed by atoms with Crippen molar-refractivity contribution >= 4 is 42.9 Å². The first-order chi connectivity index (χ1) is 11.7. The molecular formula is C22H21NS. The van der Waals surface area contributed by atoms with Crippen LogP contribution < -0.4 is 4.90 Å². The lowest BCUT2D eigenvalue weighted by Crippen LogP contribution is -2.09. The molecule has 0 aliphatic carbocycles. The maximum Gasteiger partial charge on any atom is 0.0592 e. The molecule has 120 valence electrons. The van der Waals surface area contributed by atoms with E-state index in [0.717, 1.165) is 6.42 Å². The van der Waals surface area contributed by atoms with Crippen LogP contribution in [0.2, 0.25) is 0 Å². The number of rotatable bonds is 3. The van der Waals surface area contributed by atoms with Crippen molar-refractivity contribution in [3.8, 4) is 0 Å². The summed E-state index contributed by atoms with van der Waals surface area (Å²) in [4.78, 5) is 2.30. The fourth-order valence-corrected chi connectivity index (χ4v) is 4.62. The van der Waals surface area contributed by atoms with Crippen LogP contribution in [0.1, 0.15) is 18.1 Å². The van der Waals surface area contributed by atoms with Gasteiger partial charge in [-0.3, -0.25) is 0 Å². The van der Waals surface area contributed by atoms with Crippen LogP contribution in [0.3, 0.4) is 0 Å². The van der Waals surface area contributed by atoms with E-state index in [1.807, 2.05) is 11.3 Å². The maximum atomic E-state index is 2.30. The van der Waals surface area contributed by atoms with E-state index in [0.29, 0.717) is 0 Å². The fourth-order valence-electron chi connectivity index (χ4n) is 3.30. The highest BCUT2D eigenvalue weighted by molar-refractivity contribution is 7.26. The van der Waals surface area contributed by atoms with Gasteiger partial charge in [0.2, 0.25) is 0 Å². The number of hydrogen-bond acceptors (Lipinski definition) is 2. The van der Waals surface area contributed by atoms with Crippen molar-refractivity contribution in [3.63, 3.8) is 0 Å². The lowest BCUT2D eigenvalue weighted by atomic mass is 10.1. The van der Waals surface area contributed by atoms with Crippen LogP contribution in [0, 0.1) is 6.92 Å². The van der Waals surface area contributed by atoms with Crippen molar-refractivity contribution in [1.82, 2.24) is 0 Å². The topological polar surface area (TPSA) is 3.24 Å². The molecule has 0 saturated heterocycles. The molecule has 0 amide bonds. The van der Waals surface area contributed by atoms with Crippen LogP contribution in [0.15, 0.2) is 60.7 Å². The minimum atomic E-state index is 1.08. The lowest BCUT2D eigenvalue weighted by Gasteiger charge is -2.20. The van der Waals surface area contributed by atoms with Gasteiger partial charge in [-0.1, -0.05) is 49.4 Å². The normalized spacial score (nSPS) is 11.3. The standard InChI is InChI=1S/C22H21NS/c1-4-16-11-13-17(14-12-16)23(3)20-10-6-9-19-18-8-5-7-15(2)21(18)24-22(19)20/h5-14H,4H2,1-3H3. The average Bonchev–Trinajstić information content (AvgIpc) is 3.01. The molecule has 3 aromatic carbocycles. The zero-order valence-electron chi connectivity index (χ0n) is 14.3. The molecule has 0 bridgehead atoms. The van der Waals surface area contributed by atoms with Gasteiger partial charge in [0.1, 0.15) is 0 Å². The summed E-state index contributed by atoms with van der Waals surface area (Å²) in [5.41, 5.74) is 5.24. The molecule has 0 unspecified atom stereocenters. The van der Waals surface area contributed by atoms with Gasteiger partial charge in [0.15, 0.2) is 0 Å². The van der Waals surface area contributed by atoms with E-state index in [1.54, 1.807) is 0 Å². The molecule has 4 aromatic rings. The molecule has 2 heteroatoms. The number of thiophene rings is 1. The van der Waals surface area contributed by atoms with Gasteiger partial charge in [-0.05, 0) is 42.7 Å². The van der Waals surface area contributed by atoms with Gasteiger partial charge in [0.25, 0.3) is 0 Å². The molecular weight excluding hydrogens is 310 g/mol. The Kier molecular flexibility index (Phi) is 3.78. The van der Waals surface area contributed by atoms with Crippen LogP contribution in [0.25, 0.3) is 20.2 Å². The Morgan fingerprint density at radius 3 is 2.21 bits per heavy atom. The fraction of sp³-hybridized carbons (Fsp3) is 0.182. The highest BCUT2D eigenvalue weighted by atomic mass is 32.1. The van der Waals surface area contributed by atoms with Gasteiger partial charge in [-0.25, -0.2) is 0 Å². The smallest absolute Gasteiger partial charge is 0.0592 e. The lowest BCUT2D eigenvalue weighted by molar-refractivity contribution is 1.13. The van der Waals surface area contributed by atoms with E-state index >= 15 is 0 Å². The van der Waals surface area contributed by atoms with Gasteiger partial charge >= 0.3 is 0 Å². The summed E-state index contributed by atoms with van der Waals surface area (Å²) in [6.07, 6.45) is 1.08. The minimum Gasteiger partial charge on any atom is -0.343 e. The Balaban J connectivity index is 1.89. The molecule has 24 heavy (non-hydrogen) atoms. The third kappa shape index (κ3) is 2.38. The predicted molar refractivity (Wildman–Crippen MR) is 108 cm³/mol. The SMILES string of the molecule is CCc1ccc(N(C)c2cccc3c2sc2c(C)cccc23)cc1.